The molecule has 0 aliphatic heterocycles. The van der Waals surface area contributed by atoms with Crippen LogP contribution in [0, 0.1) is 5.82 Å². The Hall–Kier alpha value is -3.15. The third-order valence-electron chi connectivity index (χ3n) is 3.97. The normalized spacial score (nSPS) is 11.3. The van der Waals surface area contributed by atoms with Crippen LogP contribution in [0.2, 0.25) is 0 Å². The van der Waals surface area contributed by atoms with E-state index < -0.39 is 0 Å². The van der Waals surface area contributed by atoms with E-state index in [1.165, 1.54) is 18.2 Å². The van der Waals surface area contributed by atoms with Crippen molar-refractivity contribution in [1.29, 1.82) is 0 Å². The predicted molar refractivity (Wildman–Crippen MR) is 95.6 cm³/mol. The van der Waals surface area contributed by atoms with Gasteiger partial charge in [0.2, 0.25) is 5.91 Å². The van der Waals surface area contributed by atoms with E-state index in [1.807, 2.05) is 25.4 Å². The molecule has 0 bridgehead atoms. The number of pyridine rings is 1. The van der Waals surface area contributed by atoms with E-state index in [9.17, 15) is 14.0 Å². The zero-order chi connectivity index (χ0) is 17.8. The Morgan fingerprint density at radius 1 is 1.20 bits per heavy atom. The summed E-state index contributed by atoms with van der Waals surface area (Å²) in [6.45, 7) is 0.662. The maximum absolute atomic E-state index is 13.5. The van der Waals surface area contributed by atoms with Gasteiger partial charge in [-0.05, 0) is 24.3 Å². The lowest BCUT2D eigenvalue weighted by molar-refractivity contribution is -0.116. The van der Waals surface area contributed by atoms with Crippen molar-refractivity contribution in [2.45, 2.75) is 6.54 Å². The second kappa shape index (κ2) is 7.17. The number of aryl methyl sites for hydroxylation is 1. The van der Waals surface area contributed by atoms with Gasteiger partial charge in [0, 0.05) is 49.6 Å². The fourth-order valence-corrected chi connectivity index (χ4v) is 2.64. The molecule has 0 unspecified atom stereocenters. The molecule has 25 heavy (non-hydrogen) atoms. The standard InChI is InChI=1S/C19H18FN3O2/c1-22-11-8-15-9-12-23(19(25)18(15)22)13-10-21-17(24)7-6-14-4-2-3-5-16(14)20/h2-9,11-12H,10,13H2,1H3,(H,21,24)/b7-6+. The Labute approximate surface area is 144 Å². The van der Waals surface area contributed by atoms with Crippen molar-refractivity contribution in [3.8, 4) is 0 Å². The molecule has 0 saturated heterocycles. The van der Waals surface area contributed by atoms with Crippen LogP contribution in [0.15, 0.2) is 59.7 Å². The molecule has 128 valence electrons. The van der Waals surface area contributed by atoms with Gasteiger partial charge >= 0.3 is 0 Å². The van der Waals surface area contributed by atoms with E-state index in [1.54, 1.807) is 33.5 Å². The number of fused-ring (bicyclic) bond motifs is 1. The first-order valence-corrected chi connectivity index (χ1v) is 7.91. The Bertz CT molecular complexity index is 1000. The van der Waals surface area contributed by atoms with Gasteiger partial charge in [-0.25, -0.2) is 4.39 Å². The van der Waals surface area contributed by atoms with Gasteiger partial charge in [-0.15, -0.1) is 0 Å². The van der Waals surface area contributed by atoms with Crippen LogP contribution >= 0.6 is 0 Å². The van der Waals surface area contributed by atoms with Crippen molar-refractivity contribution in [3.05, 3.63) is 76.6 Å². The van der Waals surface area contributed by atoms with Gasteiger partial charge in [0.1, 0.15) is 11.3 Å². The number of rotatable bonds is 5. The van der Waals surface area contributed by atoms with Crippen LogP contribution < -0.4 is 10.9 Å². The van der Waals surface area contributed by atoms with Crippen molar-refractivity contribution >= 4 is 22.9 Å². The molecule has 0 aliphatic rings. The van der Waals surface area contributed by atoms with Crippen LogP contribution in [-0.2, 0) is 18.4 Å². The van der Waals surface area contributed by atoms with Gasteiger partial charge in [-0.1, -0.05) is 18.2 Å². The SMILES string of the molecule is Cn1ccc2ccn(CCNC(=O)/C=C/c3ccccc3F)c(=O)c21. The lowest BCUT2D eigenvalue weighted by Crippen LogP contribution is -2.30. The van der Waals surface area contributed by atoms with E-state index in [2.05, 4.69) is 5.32 Å². The minimum atomic E-state index is -0.381. The van der Waals surface area contributed by atoms with Gasteiger partial charge in [0.25, 0.3) is 5.56 Å². The summed E-state index contributed by atoms with van der Waals surface area (Å²) < 4.78 is 16.8. The van der Waals surface area contributed by atoms with E-state index in [4.69, 9.17) is 0 Å². The first-order chi connectivity index (χ1) is 12.1. The Kier molecular flexibility index (Phi) is 4.79. The molecule has 3 rings (SSSR count). The highest BCUT2D eigenvalue weighted by molar-refractivity contribution is 5.91. The van der Waals surface area contributed by atoms with Gasteiger partial charge in [-0.2, -0.15) is 0 Å². The van der Waals surface area contributed by atoms with Gasteiger partial charge in [-0.3, -0.25) is 9.59 Å². The zero-order valence-electron chi connectivity index (χ0n) is 13.8. The molecule has 2 aromatic heterocycles. The molecular formula is C19H18FN3O2. The molecule has 0 aliphatic carbocycles. The number of hydrogen-bond acceptors (Lipinski definition) is 2. The summed E-state index contributed by atoms with van der Waals surface area (Å²) in [5, 5.41) is 3.58. The van der Waals surface area contributed by atoms with Gasteiger partial charge < -0.3 is 14.5 Å². The van der Waals surface area contributed by atoms with Crippen molar-refractivity contribution in [1.82, 2.24) is 14.5 Å². The molecule has 0 atom stereocenters. The second-order valence-electron chi connectivity index (χ2n) is 5.69. The van der Waals surface area contributed by atoms with Crippen molar-refractivity contribution < 1.29 is 9.18 Å². The van der Waals surface area contributed by atoms with Crippen molar-refractivity contribution in [2.75, 3.05) is 6.54 Å². The molecule has 1 N–H and O–H groups in total. The molecule has 1 aromatic carbocycles. The summed E-state index contributed by atoms with van der Waals surface area (Å²) in [6.07, 6.45) is 6.26. The number of carbonyl (C=O) groups is 1. The largest absolute Gasteiger partial charge is 0.351 e. The Morgan fingerprint density at radius 3 is 2.76 bits per heavy atom. The van der Waals surface area contributed by atoms with Gasteiger partial charge in [0.15, 0.2) is 0 Å². The fourth-order valence-electron chi connectivity index (χ4n) is 2.64. The van der Waals surface area contributed by atoms with Crippen LogP contribution in [0.1, 0.15) is 5.56 Å². The van der Waals surface area contributed by atoms with Crippen molar-refractivity contribution in [2.24, 2.45) is 7.05 Å². The van der Waals surface area contributed by atoms with E-state index in [0.29, 0.717) is 24.2 Å². The minimum absolute atomic E-state index is 0.0962. The lowest BCUT2D eigenvalue weighted by Gasteiger charge is -2.07. The monoisotopic (exact) mass is 339 g/mol. The molecule has 1 amide bonds. The number of amides is 1. The average molecular weight is 339 g/mol. The summed E-state index contributed by atoms with van der Waals surface area (Å²) in [5.74, 6) is -0.717. The first-order valence-electron chi connectivity index (χ1n) is 7.91. The maximum Gasteiger partial charge on any atom is 0.275 e. The van der Waals surface area contributed by atoms with Crippen LogP contribution in [0.25, 0.3) is 17.0 Å². The number of hydrogen-bond donors (Lipinski definition) is 1. The third kappa shape index (κ3) is 3.68. The highest BCUT2D eigenvalue weighted by Gasteiger charge is 2.06. The zero-order valence-corrected chi connectivity index (χ0v) is 13.8. The Balaban J connectivity index is 1.60. The molecular weight excluding hydrogens is 321 g/mol. The highest BCUT2D eigenvalue weighted by atomic mass is 19.1. The molecule has 5 nitrogen and oxygen atoms in total. The molecule has 6 heteroatoms. The number of benzene rings is 1. The summed E-state index contributed by atoms with van der Waals surface area (Å²) in [5.41, 5.74) is 0.887. The van der Waals surface area contributed by atoms with E-state index in [-0.39, 0.29) is 17.3 Å². The second-order valence-corrected chi connectivity index (χ2v) is 5.69. The maximum atomic E-state index is 13.5. The molecule has 2 heterocycles. The van der Waals surface area contributed by atoms with Crippen LogP contribution in [0.3, 0.4) is 0 Å². The topological polar surface area (TPSA) is 56.0 Å². The molecule has 0 saturated carbocycles. The Morgan fingerprint density at radius 2 is 1.96 bits per heavy atom. The summed E-state index contributed by atoms with van der Waals surface area (Å²) in [4.78, 5) is 24.2. The molecule has 0 radical (unpaired) electrons. The predicted octanol–water partition coefficient (Wildman–Crippen LogP) is 2.31. The number of nitrogens with zero attached hydrogens (tertiary/aromatic N) is 2. The summed E-state index contributed by atoms with van der Waals surface area (Å²) in [6, 6.07) is 9.98. The number of nitrogens with one attached hydrogen (secondary N) is 1. The smallest absolute Gasteiger partial charge is 0.275 e. The number of halogens is 1. The van der Waals surface area contributed by atoms with E-state index in [0.717, 1.165) is 5.39 Å². The average Bonchev–Trinajstić information content (AvgIpc) is 2.98. The summed E-state index contributed by atoms with van der Waals surface area (Å²) >= 11 is 0. The molecule has 0 spiro atoms. The van der Waals surface area contributed by atoms with E-state index >= 15 is 0 Å². The first kappa shape index (κ1) is 16.7. The fraction of sp³-hybridized carbons (Fsp3) is 0.158. The van der Waals surface area contributed by atoms with Crippen LogP contribution in [0.5, 0.6) is 0 Å². The lowest BCUT2D eigenvalue weighted by atomic mass is 10.2. The third-order valence-corrected chi connectivity index (χ3v) is 3.97. The number of aromatic nitrogens is 2. The van der Waals surface area contributed by atoms with Crippen LogP contribution in [0.4, 0.5) is 4.39 Å². The molecule has 3 aromatic rings. The van der Waals surface area contributed by atoms with Crippen LogP contribution in [-0.4, -0.2) is 21.6 Å². The quantitative estimate of drug-likeness (QED) is 0.725. The minimum Gasteiger partial charge on any atom is -0.351 e. The van der Waals surface area contributed by atoms with Gasteiger partial charge in [0.05, 0.1) is 0 Å². The van der Waals surface area contributed by atoms with Crippen molar-refractivity contribution in [3.63, 3.8) is 0 Å². The highest BCUT2D eigenvalue weighted by Crippen LogP contribution is 2.09. The number of carbonyl (C=O) groups excluding carboxylic acids is 1. The molecule has 0 fully saturated rings. The summed E-state index contributed by atoms with van der Waals surface area (Å²) in [7, 11) is 1.82.